The summed E-state index contributed by atoms with van der Waals surface area (Å²) in [5.41, 5.74) is 4.88. The Balaban J connectivity index is 2.82. The third kappa shape index (κ3) is 2.27. The van der Waals surface area contributed by atoms with Gasteiger partial charge in [-0.05, 0) is 0 Å². The molecule has 0 aromatic carbocycles. The van der Waals surface area contributed by atoms with Gasteiger partial charge < -0.3 is 5.73 Å². The maximum atomic E-state index is 10.5. The van der Waals surface area contributed by atoms with Crippen LogP contribution in [0.4, 0.5) is 9.93 Å². The quantitative estimate of drug-likeness (QED) is 0.719. The molecular formula is C7H7N5OS. The van der Waals surface area contributed by atoms with Gasteiger partial charge in [0.15, 0.2) is 0 Å². The average Bonchev–Trinajstić information content (AvgIpc) is 2.54. The summed E-state index contributed by atoms with van der Waals surface area (Å²) in [6, 6.07) is 1.27. The first-order valence-corrected chi connectivity index (χ1v) is 4.41. The van der Waals surface area contributed by atoms with Gasteiger partial charge in [0.05, 0.1) is 6.07 Å². The number of amides is 2. The van der Waals surface area contributed by atoms with Crippen molar-refractivity contribution in [1.82, 2.24) is 10.2 Å². The summed E-state index contributed by atoms with van der Waals surface area (Å²) in [5, 5.41) is 19.0. The van der Waals surface area contributed by atoms with Crippen LogP contribution < -0.4 is 11.1 Å². The van der Waals surface area contributed by atoms with Crippen LogP contribution in [-0.2, 0) is 0 Å². The maximum absolute atomic E-state index is 10.5. The number of urea groups is 1. The molecule has 0 saturated heterocycles. The lowest BCUT2D eigenvalue weighted by Crippen LogP contribution is -2.18. The van der Waals surface area contributed by atoms with E-state index in [1.54, 1.807) is 0 Å². The summed E-state index contributed by atoms with van der Waals surface area (Å²) in [6.45, 7) is 3.48. The van der Waals surface area contributed by atoms with Gasteiger partial charge in [-0.1, -0.05) is 17.4 Å². The minimum atomic E-state index is -0.709. The summed E-state index contributed by atoms with van der Waals surface area (Å²) in [6.07, 6.45) is 1.45. The number of carbonyl (C=O) groups excluding carboxylic acids is 1. The summed E-state index contributed by atoms with van der Waals surface area (Å²) in [5.74, 6) is -0.504. The SMILES string of the molecule is C=CC(C#N)c1nnc(NC(N)=O)s1. The van der Waals surface area contributed by atoms with E-state index >= 15 is 0 Å². The Hall–Kier alpha value is -1.94. The van der Waals surface area contributed by atoms with Gasteiger partial charge in [0.2, 0.25) is 5.13 Å². The van der Waals surface area contributed by atoms with E-state index in [1.807, 2.05) is 6.07 Å². The standard InChI is InChI=1S/C7H7N5OS/c1-2-4(3-8)5-11-12-7(14-5)10-6(9)13/h2,4H,1H2,(H3,9,10,12,13). The van der Waals surface area contributed by atoms with Crippen LogP contribution in [0.15, 0.2) is 12.7 Å². The van der Waals surface area contributed by atoms with Crippen LogP contribution in [0.25, 0.3) is 0 Å². The molecule has 0 bridgehead atoms. The molecule has 1 rings (SSSR count). The topological polar surface area (TPSA) is 105 Å². The lowest BCUT2D eigenvalue weighted by Gasteiger charge is -1.93. The van der Waals surface area contributed by atoms with Crippen LogP contribution in [0.1, 0.15) is 10.9 Å². The molecule has 0 aliphatic heterocycles. The van der Waals surface area contributed by atoms with E-state index in [0.717, 1.165) is 11.3 Å². The van der Waals surface area contributed by atoms with Crippen LogP contribution in [0.3, 0.4) is 0 Å². The van der Waals surface area contributed by atoms with Crippen molar-refractivity contribution in [2.24, 2.45) is 5.73 Å². The molecule has 1 heterocycles. The molecule has 1 unspecified atom stereocenters. The highest BCUT2D eigenvalue weighted by Gasteiger charge is 2.13. The van der Waals surface area contributed by atoms with E-state index in [1.165, 1.54) is 6.08 Å². The maximum Gasteiger partial charge on any atom is 0.318 e. The monoisotopic (exact) mass is 209 g/mol. The Kier molecular flexibility index (Phi) is 3.14. The fraction of sp³-hybridized carbons (Fsp3) is 0.143. The van der Waals surface area contributed by atoms with Crippen LogP contribution in [-0.4, -0.2) is 16.2 Å². The molecular weight excluding hydrogens is 202 g/mol. The van der Waals surface area contributed by atoms with Gasteiger partial charge in [-0.3, -0.25) is 5.32 Å². The molecule has 1 aromatic heterocycles. The number of nitrogens with one attached hydrogen (secondary N) is 1. The fourth-order valence-electron chi connectivity index (χ4n) is 0.725. The molecule has 7 heteroatoms. The number of primary amides is 1. The molecule has 6 nitrogen and oxygen atoms in total. The number of anilines is 1. The van der Waals surface area contributed by atoms with Crippen molar-refractivity contribution in [3.63, 3.8) is 0 Å². The second kappa shape index (κ2) is 4.34. The number of nitrogens with two attached hydrogens (primary N) is 1. The lowest BCUT2D eigenvalue weighted by atomic mass is 10.2. The predicted molar refractivity (Wildman–Crippen MR) is 51.7 cm³/mol. The molecule has 0 fully saturated rings. The number of aromatic nitrogens is 2. The van der Waals surface area contributed by atoms with Crippen LogP contribution >= 0.6 is 11.3 Å². The van der Waals surface area contributed by atoms with Crippen molar-refractivity contribution in [2.75, 3.05) is 5.32 Å². The molecule has 0 radical (unpaired) electrons. The van der Waals surface area contributed by atoms with E-state index < -0.39 is 11.9 Å². The number of allylic oxidation sites excluding steroid dienone is 1. The highest BCUT2D eigenvalue weighted by Crippen LogP contribution is 2.23. The second-order valence-corrected chi connectivity index (χ2v) is 3.29. The number of rotatable bonds is 3. The van der Waals surface area contributed by atoms with Crippen molar-refractivity contribution in [1.29, 1.82) is 5.26 Å². The van der Waals surface area contributed by atoms with Gasteiger partial charge in [0.25, 0.3) is 0 Å². The molecule has 0 spiro atoms. The summed E-state index contributed by atoms with van der Waals surface area (Å²) >= 11 is 1.09. The Bertz CT molecular complexity index is 393. The average molecular weight is 209 g/mol. The highest BCUT2D eigenvalue weighted by molar-refractivity contribution is 7.15. The fourth-order valence-corrected chi connectivity index (χ4v) is 1.51. The first-order chi connectivity index (χ1) is 6.67. The number of hydrogen-bond donors (Lipinski definition) is 2. The van der Waals surface area contributed by atoms with E-state index in [9.17, 15) is 4.79 Å². The van der Waals surface area contributed by atoms with E-state index in [-0.39, 0.29) is 5.13 Å². The summed E-state index contributed by atoms with van der Waals surface area (Å²) in [4.78, 5) is 10.5. The lowest BCUT2D eigenvalue weighted by molar-refractivity contribution is 0.259. The Morgan fingerprint density at radius 3 is 3.00 bits per heavy atom. The summed E-state index contributed by atoms with van der Waals surface area (Å²) in [7, 11) is 0. The Morgan fingerprint density at radius 2 is 2.50 bits per heavy atom. The molecule has 0 saturated carbocycles. The number of nitriles is 1. The van der Waals surface area contributed by atoms with E-state index in [4.69, 9.17) is 11.0 Å². The smallest absolute Gasteiger partial charge is 0.318 e. The molecule has 2 amide bonds. The van der Waals surface area contributed by atoms with Crippen LogP contribution in [0.2, 0.25) is 0 Å². The number of hydrogen-bond acceptors (Lipinski definition) is 5. The van der Waals surface area contributed by atoms with Gasteiger partial charge in [0.1, 0.15) is 10.9 Å². The van der Waals surface area contributed by atoms with Crippen molar-refractivity contribution in [2.45, 2.75) is 5.92 Å². The predicted octanol–water partition coefficient (Wildman–Crippen LogP) is 0.822. The zero-order chi connectivity index (χ0) is 10.6. The highest BCUT2D eigenvalue weighted by atomic mass is 32.1. The van der Waals surface area contributed by atoms with E-state index in [0.29, 0.717) is 5.01 Å². The summed E-state index contributed by atoms with van der Waals surface area (Å²) < 4.78 is 0. The zero-order valence-corrected chi connectivity index (χ0v) is 7.91. The van der Waals surface area contributed by atoms with Gasteiger partial charge in [0, 0.05) is 0 Å². The molecule has 1 aromatic rings. The molecule has 14 heavy (non-hydrogen) atoms. The molecule has 0 aliphatic rings. The molecule has 3 N–H and O–H groups in total. The Morgan fingerprint density at radius 1 is 1.79 bits per heavy atom. The minimum absolute atomic E-state index is 0.273. The minimum Gasteiger partial charge on any atom is -0.351 e. The first kappa shape index (κ1) is 10.1. The van der Waals surface area contributed by atoms with Crippen LogP contribution in [0, 0.1) is 11.3 Å². The third-order valence-electron chi connectivity index (χ3n) is 1.31. The van der Waals surface area contributed by atoms with Gasteiger partial charge in [-0.25, -0.2) is 4.79 Å². The van der Waals surface area contributed by atoms with Crippen molar-refractivity contribution < 1.29 is 4.79 Å². The van der Waals surface area contributed by atoms with Crippen LogP contribution in [0.5, 0.6) is 0 Å². The Labute approximate surface area is 84.1 Å². The molecule has 0 aliphatic carbocycles. The molecule has 72 valence electrons. The van der Waals surface area contributed by atoms with Crippen molar-refractivity contribution >= 4 is 22.5 Å². The van der Waals surface area contributed by atoms with Gasteiger partial charge >= 0.3 is 6.03 Å². The second-order valence-electron chi connectivity index (χ2n) is 2.28. The number of carbonyl (C=O) groups is 1. The van der Waals surface area contributed by atoms with E-state index in [2.05, 4.69) is 22.1 Å². The molecule has 1 atom stereocenters. The van der Waals surface area contributed by atoms with Crippen molar-refractivity contribution in [3.05, 3.63) is 17.7 Å². The normalized spacial score (nSPS) is 11.4. The third-order valence-corrected chi connectivity index (χ3v) is 2.23. The number of nitrogens with zero attached hydrogens (tertiary/aromatic N) is 3. The largest absolute Gasteiger partial charge is 0.351 e. The van der Waals surface area contributed by atoms with Gasteiger partial charge in [-0.15, -0.1) is 16.8 Å². The first-order valence-electron chi connectivity index (χ1n) is 3.59. The van der Waals surface area contributed by atoms with Gasteiger partial charge in [-0.2, -0.15) is 5.26 Å². The van der Waals surface area contributed by atoms with Crippen molar-refractivity contribution in [3.8, 4) is 6.07 Å². The zero-order valence-electron chi connectivity index (χ0n) is 7.10.